The first-order valence-corrected chi connectivity index (χ1v) is 28.5. The van der Waals surface area contributed by atoms with Gasteiger partial charge >= 0.3 is 27.1 Å². The number of ether oxygens (including phenoxy) is 2. The molecule has 0 aliphatic carbocycles. The van der Waals surface area contributed by atoms with Crippen molar-refractivity contribution in [2.75, 3.05) is 26.4 Å². The van der Waals surface area contributed by atoms with Gasteiger partial charge in [0.1, 0.15) is 36.0 Å². The normalized spacial score (nSPS) is 15.8. The SMILES string of the molecule is CCOP(=O)(OCC)C(C(C)C)N(OC(C)c1ccc(C(C)OC(=O)CCCCCCC(=O)OC(C)c2ccc(C(C)ON(C(C(C)(C)C)P(=O)(OCC)OCC)C(C)(C)C)cc2)cc1)C(C)(C)C. The standard InChI is InChI=1S/C53H92N2O12P2/c1-20-60-68(58,61-21-2)49(38(5)6)54(52(14,15)16)66-41(9)45-34-30-43(31-35-45)39(7)64-47(56)28-26-24-25-27-29-48(57)65-40(8)44-32-36-46(37-33-44)42(10)67-55(53(17,18)19)50(51(11,12)13)69(59,62-22-3)63-23-4/h30-42,49-50H,20-29H2,1-19H3. The van der Waals surface area contributed by atoms with Gasteiger partial charge in [-0.2, -0.15) is 10.1 Å². The van der Waals surface area contributed by atoms with Gasteiger partial charge in [0, 0.05) is 23.9 Å². The van der Waals surface area contributed by atoms with Crippen LogP contribution in [0, 0.1) is 11.3 Å². The van der Waals surface area contributed by atoms with Gasteiger partial charge in [0.25, 0.3) is 0 Å². The molecule has 14 nitrogen and oxygen atoms in total. The van der Waals surface area contributed by atoms with Crippen molar-refractivity contribution in [2.24, 2.45) is 11.3 Å². The van der Waals surface area contributed by atoms with Crippen molar-refractivity contribution in [3.05, 3.63) is 70.8 Å². The van der Waals surface area contributed by atoms with E-state index in [0.29, 0.717) is 12.8 Å². The summed E-state index contributed by atoms with van der Waals surface area (Å²) >= 11 is 0. The van der Waals surface area contributed by atoms with Crippen LogP contribution in [0.1, 0.15) is 217 Å². The lowest BCUT2D eigenvalue weighted by atomic mass is 9.94. The van der Waals surface area contributed by atoms with E-state index in [1.807, 2.05) is 180 Å². The molecule has 0 heterocycles. The fraction of sp³-hybridized carbons (Fsp3) is 0.736. The second-order valence-electron chi connectivity index (χ2n) is 21.1. The second kappa shape index (κ2) is 28.1. The zero-order valence-corrected chi connectivity index (χ0v) is 47.7. The maximum Gasteiger partial charge on any atom is 0.350 e. The summed E-state index contributed by atoms with van der Waals surface area (Å²) in [5, 5.41) is 3.57. The Morgan fingerprint density at radius 1 is 0.478 bits per heavy atom. The number of hydrogen-bond donors (Lipinski definition) is 0. The Morgan fingerprint density at radius 2 is 0.783 bits per heavy atom. The molecule has 0 aromatic heterocycles. The van der Waals surface area contributed by atoms with E-state index in [1.165, 1.54) is 0 Å². The van der Waals surface area contributed by atoms with Gasteiger partial charge in [-0.1, -0.05) is 96.0 Å². The lowest BCUT2D eigenvalue weighted by molar-refractivity contribution is -0.264. The second-order valence-corrected chi connectivity index (χ2v) is 25.4. The van der Waals surface area contributed by atoms with Crippen molar-refractivity contribution in [1.82, 2.24) is 10.1 Å². The summed E-state index contributed by atoms with van der Waals surface area (Å²) in [4.78, 5) is 38.8. The lowest BCUT2D eigenvalue weighted by Crippen LogP contribution is -2.53. The number of rotatable bonds is 30. The molecular weight excluding hydrogens is 919 g/mol. The number of hydrogen-bond acceptors (Lipinski definition) is 14. The highest BCUT2D eigenvalue weighted by Crippen LogP contribution is 2.61. The van der Waals surface area contributed by atoms with Crippen molar-refractivity contribution in [3.63, 3.8) is 0 Å². The van der Waals surface area contributed by atoms with Gasteiger partial charge in [-0.25, -0.2) is 0 Å². The summed E-state index contributed by atoms with van der Waals surface area (Å²) in [6, 6.07) is 15.6. The van der Waals surface area contributed by atoms with Gasteiger partial charge < -0.3 is 27.6 Å². The fourth-order valence-corrected chi connectivity index (χ4v) is 13.3. The largest absolute Gasteiger partial charge is 0.458 e. The molecule has 0 bridgehead atoms. The number of unbranched alkanes of at least 4 members (excludes halogenated alkanes) is 3. The van der Waals surface area contributed by atoms with E-state index in [9.17, 15) is 18.7 Å². The predicted molar refractivity (Wildman–Crippen MR) is 275 cm³/mol. The molecule has 0 N–H and O–H groups in total. The summed E-state index contributed by atoms with van der Waals surface area (Å²) in [5.74, 6) is -1.95. The Hall–Kier alpha value is -2.48. The molecular formula is C53H92N2O12P2. The number of benzene rings is 2. The highest BCUT2D eigenvalue weighted by Gasteiger charge is 2.52. The van der Waals surface area contributed by atoms with Crippen LogP contribution in [0.2, 0.25) is 0 Å². The third-order valence-electron chi connectivity index (χ3n) is 11.4. The Bertz CT molecular complexity index is 1900. The quantitative estimate of drug-likeness (QED) is 0.0316. The summed E-state index contributed by atoms with van der Waals surface area (Å²) < 4.78 is 63.2. The van der Waals surface area contributed by atoms with E-state index in [0.717, 1.165) is 35.1 Å². The van der Waals surface area contributed by atoms with Gasteiger partial charge in [-0.15, -0.1) is 0 Å². The molecule has 0 saturated heterocycles. The van der Waals surface area contributed by atoms with Crippen molar-refractivity contribution in [2.45, 2.75) is 217 Å². The Morgan fingerprint density at radius 3 is 1.07 bits per heavy atom. The van der Waals surface area contributed by atoms with Crippen LogP contribution >= 0.6 is 15.2 Å². The predicted octanol–water partition coefficient (Wildman–Crippen LogP) is 15.0. The number of hydroxylamine groups is 4. The summed E-state index contributed by atoms with van der Waals surface area (Å²) in [6.45, 7) is 37.9. The number of carbonyl (C=O) groups excluding carboxylic acids is 2. The van der Waals surface area contributed by atoms with Crippen LogP contribution in [0.3, 0.4) is 0 Å². The molecule has 396 valence electrons. The first-order valence-electron chi connectivity index (χ1n) is 25.3. The van der Waals surface area contributed by atoms with E-state index in [-0.39, 0.29) is 63.2 Å². The van der Waals surface area contributed by atoms with Crippen molar-refractivity contribution in [1.29, 1.82) is 0 Å². The van der Waals surface area contributed by atoms with Crippen molar-refractivity contribution < 1.29 is 56.0 Å². The van der Waals surface area contributed by atoms with Gasteiger partial charge in [0.2, 0.25) is 0 Å². The summed E-state index contributed by atoms with van der Waals surface area (Å²) in [5.41, 5.74) is 1.95. The van der Waals surface area contributed by atoms with Gasteiger partial charge in [-0.3, -0.25) is 28.4 Å². The first-order chi connectivity index (χ1) is 32.0. The zero-order valence-electron chi connectivity index (χ0n) is 45.9. The Balaban J connectivity index is 1.89. The highest BCUT2D eigenvalue weighted by atomic mass is 31.2. The molecule has 16 heteroatoms. The maximum atomic E-state index is 14.3. The molecule has 2 aromatic rings. The number of esters is 2. The zero-order chi connectivity index (χ0) is 52.5. The fourth-order valence-electron chi connectivity index (χ4n) is 8.09. The minimum Gasteiger partial charge on any atom is -0.458 e. The van der Waals surface area contributed by atoms with Gasteiger partial charge in [-0.05, 0) is 143 Å². The van der Waals surface area contributed by atoms with E-state index in [2.05, 4.69) is 0 Å². The van der Waals surface area contributed by atoms with E-state index in [1.54, 1.807) is 10.1 Å². The van der Waals surface area contributed by atoms with Crippen LogP contribution in [0.25, 0.3) is 0 Å². The minimum atomic E-state index is -3.62. The average molecular weight is 1010 g/mol. The molecule has 6 atom stereocenters. The van der Waals surface area contributed by atoms with Gasteiger partial charge in [0.05, 0.1) is 26.4 Å². The Labute approximate surface area is 417 Å². The van der Waals surface area contributed by atoms with E-state index < -0.39 is 61.6 Å². The number of nitrogens with zero attached hydrogens (tertiary/aromatic N) is 2. The van der Waals surface area contributed by atoms with Crippen LogP contribution in [0.15, 0.2) is 48.5 Å². The molecule has 0 saturated carbocycles. The molecule has 0 aliphatic heterocycles. The van der Waals surface area contributed by atoms with E-state index in [4.69, 9.17) is 37.2 Å². The molecule has 0 amide bonds. The third kappa shape index (κ3) is 19.5. The molecule has 2 rings (SSSR count). The topological polar surface area (TPSA) is 149 Å². The monoisotopic (exact) mass is 1010 g/mol. The molecule has 0 radical (unpaired) electrons. The molecule has 6 unspecified atom stereocenters. The summed E-state index contributed by atoms with van der Waals surface area (Å²) in [6.07, 6.45) is 1.79. The smallest absolute Gasteiger partial charge is 0.350 e. The Kier molecular flexibility index (Phi) is 25.5. The molecule has 0 fully saturated rings. The van der Waals surface area contributed by atoms with Crippen LogP contribution in [-0.2, 0) is 56.0 Å². The van der Waals surface area contributed by atoms with Crippen molar-refractivity contribution >= 4 is 27.1 Å². The molecule has 69 heavy (non-hydrogen) atoms. The highest BCUT2D eigenvalue weighted by molar-refractivity contribution is 7.54. The minimum absolute atomic E-state index is 0.0927. The van der Waals surface area contributed by atoms with Crippen LogP contribution in [0.5, 0.6) is 0 Å². The van der Waals surface area contributed by atoms with Gasteiger partial charge in [0.15, 0.2) is 0 Å². The van der Waals surface area contributed by atoms with Crippen LogP contribution in [-0.4, -0.2) is 71.1 Å². The van der Waals surface area contributed by atoms with E-state index >= 15 is 0 Å². The number of carbonyl (C=O) groups is 2. The average Bonchev–Trinajstić information content (AvgIpc) is 3.23. The molecule has 2 aromatic carbocycles. The van der Waals surface area contributed by atoms with Crippen LogP contribution < -0.4 is 0 Å². The molecule has 0 spiro atoms. The van der Waals surface area contributed by atoms with Crippen LogP contribution in [0.4, 0.5) is 0 Å². The summed E-state index contributed by atoms with van der Waals surface area (Å²) in [7, 11) is -7.17. The maximum absolute atomic E-state index is 14.3. The first kappa shape index (κ1) is 62.6. The molecule has 0 aliphatic rings. The van der Waals surface area contributed by atoms with Crippen molar-refractivity contribution in [3.8, 4) is 0 Å². The third-order valence-corrected chi connectivity index (χ3v) is 16.9. The lowest BCUT2D eigenvalue weighted by Gasteiger charge is -2.48.